The van der Waals surface area contributed by atoms with Gasteiger partial charge in [-0.25, -0.2) is 12.8 Å². The van der Waals surface area contributed by atoms with E-state index in [0.717, 1.165) is 11.6 Å². The number of rotatable bonds is 5. The molecule has 0 saturated carbocycles. The van der Waals surface area contributed by atoms with Crippen molar-refractivity contribution in [3.63, 3.8) is 0 Å². The second kappa shape index (κ2) is 6.24. The van der Waals surface area contributed by atoms with Crippen molar-refractivity contribution in [2.45, 2.75) is 18.4 Å². The fourth-order valence-corrected chi connectivity index (χ4v) is 3.19. The van der Waals surface area contributed by atoms with Gasteiger partial charge in [0.05, 0.1) is 0 Å². The molecular weight excluding hydrogens is 291 g/mol. The van der Waals surface area contributed by atoms with Crippen LogP contribution in [0.4, 0.5) is 10.1 Å². The van der Waals surface area contributed by atoms with E-state index in [0.29, 0.717) is 17.8 Å². The standard InChI is InChI=1S/C15H17FN2O2S/c1-11-6-7-14(16)15(8-11)21(19,20)18-13-5-3-4-12(9-13)10-17-2/h3-9,17-18H,10H2,1-2H3. The van der Waals surface area contributed by atoms with E-state index in [1.165, 1.54) is 12.1 Å². The summed E-state index contributed by atoms with van der Waals surface area (Å²) in [6.45, 7) is 2.33. The molecule has 2 aromatic rings. The van der Waals surface area contributed by atoms with Crippen LogP contribution in [-0.4, -0.2) is 15.5 Å². The number of sulfonamides is 1. The molecular formula is C15H17FN2O2S. The average Bonchev–Trinajstić information content (AvgIpc) is 2.42. The van der Waals surface area contributed by atoms with Gasteiger partial charge in [-0.15, -0.1) is 0 Å². The predicted octanol–water partition coefficient (Wildman–Crippen LogP) is 2.65. The van der Waals surface area contributed by atoms with E-state index in [1.807, 2.05) is 6.07 Å². The molecule has 0 spiro atoms. The lowest BCUT2D eigenvalue weighted by Gasteiger charge is -2.10. The zero-order valence-corrected chi connectivity index (χ0v) is 12.7. The first-order valence-electron chi connectivity index (χ1n) is 6.45. The molecule has 0 bridgehead atoms. The van der Waals surface area contributed by atoms with Crippen LogP contribution in [-0.2, 0) is 16.6 Å². The van der Waals surface area contributed by atoms with Crippen LogP contribution in [0, 0.1) is 12.7 Å². The van der Waals surface area contributed by atoms with Gasteiger partial charge in [0.15, 0.2) is 0 Å². The van der Waals surface area contributed by atoms with E-state index < -0.39 is 15.8 Å². The van der Waals surface area contributed by atoms with Gasteiger partial charge in [0.2, 0.25) is 0 Å². The maximum absolute atomic E-state index is 13.7. The Kier molecular flexibility index (Phi) is 4.59. The van der Waals surface area contributed by atoms with Gasteiger partial charge in [0.1, 0.15) is 10.7 Å². The van der Waals surface area contributed by atoms with Crippen molar-refractivity contribution in [3.05, 3.63) is 59.4 Å². The summed E-state index contributed by atoms with van der Waals surface area (Å²) in [6.07, 6.45) is 0. The average molecular weight is 308 g/mol. The molecule has 0 aliphatic heterocycles. The Balaban J connectivity index is 2.33. The third-order valence-electron chi connectivity index (χ3n) is 2.94. The van der Waals surface area contributed by atoms with Crippen molar-refractivity contribution in [1.82, 2.24) is 5.32 Å². The Morgan fingerprint density at radius 3 is 2.62 bits per heavy atom. The zero-order valence-electron chi connectivity index (χ0n) is 11.9. The second-order valence-corrected chi connectivity index (χ2v) is 6.42. The van der Waals surface area contributed by atoms with Gasteiger partial charge < -0.3 is 5.32 Å². The zero-order chi connectivity index (χ0) is 15.5. The molecule has 6 heteroatoms. The molecule has 0 fully saturated rings. The number of aryl methyl sites for hydroxylation is 1. The smallest absolute Gasteiger partial charge is 0.264 e. The molecule has 0 unspecified atom stereocenters. The summed E-state index contributed by atoms with van der Waals surface area (Å²) in [5.74, 6) is -0.764. The first-order chi connectivity index (χ1) is 9.92. The fraction of sp³-hybridized carbons (Fsp3) is 0.200. The van der Waals surface area contributed by atoms with Gasteiger partial charge in [-0.1, -0.05) is 18.2 Å². The molecule has 21 heavy (non-hydrogen) atoms. The molecule has 0 amide bonds. The molecule has 112 valence electrons. The molecule has 2 rings (SSSR count). The second-order valence-electron chi connectivity index (χ2n) is 4.77. The fourth-order valence-electron chi connectivity index (χ4n) is 1.98. The van der Waals surface area contributed by atoms with Gasteiger partial charge in [0, 0.05) is 12.2 Å². The molecule has 0 saturated heterocycles. The van der Waals surface area contributed by atoms with Crippen molar-refractivity contribution < 1.29 is 12.8 Å². The van der Waals surface area contributed by atoms with E-state index in [2.05, 4.69) is 10.0 Å². The molecule has 0 radical (unpaired) electrons. The van der Waals surface area contributed by atoms with Crippen LogP contribution < -0.4 is 10.0 Å². The van der Waals surface area contributed by atoms with Crippen LogP contribution in [0.3, 0.4) is 0 Å². The van der Waals surface area contributed by atoms with Crippen LogP contribution >= 0.6 is 0 Å². The number of nitrogens with one attached hydrogen (secondary N) is 2. The molecule has 0 atom stereocenters. The highest BCUT2D eigenvalue weighted by atomic mass is 32.2. The van der Waals surface area contributed by atoms with Crippen molar-refractivity contribution in [2.75, 3.05) is 11.8 Å². The summed E-state index contributed by atoms with van der Waals surface area (Å²) in [7, 11) is -2.14. The summed E-state index contributed by atoms with van der Waals surface area (Å²) in [5.41, 5.74) is 2.02. The lowest BCUT2D eigenvalue weighted by molar-refractivity contribution is 0.570. The first kappa shape index (κ1) is 15.5. The largest absolute Gasteiger partial charge is 0.316 e. The molecule has 0 aliphatic carbocycles. The highest BCUT2D eigenvalue weighted by Crippen LogP contribution is 2.20. The number of anilines is 1. The van der Waals surface area contributed by atoms with Crippen LogP contribution in [0.15, 0.2) is 47.4 Å². The van der Waals surface area contributed by atoms with E-state index >= 15 is 0 Å². The van der Waals surface area contributed by atoms with Crippen LogP contribution in [0.5, 0.6) is 0 Å². The highest BCUT2D eigenvalue weighted by Gasteiger charge is 2.19. The van der Waals surface area contributed by atoms with E-state index in [4.69, 9.17) is 0 Å². The number of benzene rings is 2. The van der Waals surface area contributed by atoms with E-state index in [-0.39, 0.29) is 4.90 Å². The minimum atomic E-state index is -3.94. The van der Waals surface area contributed by atoms with E-state index in [9.17, 15) is 12.8 Å². The minimum absolute atomic E-state index is 0.346. The van der Waals surface area contributed by atoms with Crippen molar-refractivity contribution in [2.24, 2.45) is 0 Å². The lowest BCUT2D eigenvalue weighted by Crippen LogP contribution is -2.15. The molecule has 0 aliphatic rings. The number of halogens is 1. The van der Waals surface area contributed by atoms with Gasteiger partial charge in [-0.05, 0) is 49.4 Å². The molecule has 0 heterocycles. The van der Waals surface area contributed by atoms with Gasteiger partial charge >= 0.3 is 0 Å². The predicted molar refractivity (Wildman–Crippen MR) is 81.2 cm³/mol. The topological polar surface area (TPSA) is 58.2 Å². The van der Waals surface area contributed by atoms with Crippen molar-refractivity contribution in [1.29, 1.82) is 0 Å². The Morgan fingerprint density at radius 1 is 1.14 bits per heavy atom. The van der Waals surface area contributed by atoms with Gasteiger partial charge in [-0.3, -0.25) is 4.72 Å². The van der Waals surface area contributed by atoms with Crippen molar-refractivity contribution >= 4 is 15.7 Å². The summed E-state index contributed by atoms with van der Waals surface area (Å²) >= 11 is 0. The van der Waals surface area contributed by atoms with Gasteiger partial charge in [-0.2, -0.15) is 0 Å². The maximum atomic E-state index is 13.7. The van der Waals surface area contributed by atoms with Crippen LogP contribution in [0.2, 0.25) is 0 Å². The van der Waals surface area contributed by atoms with Gasteiger partial charge in [0.25, 0.3) is 10.0 Å². The third kappa shape index (κ3) is 3.80. The van der Waals surface area contributed by atoms with Crippen LogP contribution in [0.25, 0.3) is 0 Å². The van der Waals surface area contributed by atoms with Crippen LogP contribution in [0.1, 0.15) is 11.1 Å². The summed E-state index contributed by atoms with van der Waals surface area (Å²) in [5, 5.41) is 2.99. The van der Waals surface area contributed by atoms with E-state index in [1.54, 1.807) is 32.2 Å². The molecule has 4 nitrogen and oxygen atoms in total. The molecule has 2 N–H and O–H groups in total. The highest BCUT2D eigenvalue weighted by molar-refractivity contribution is 7.92. The van der Waals surface area contributed by atoms with Crippen molar-refractivity contribution in [3.8, 4) is 0 Å². The Labute approximate surface area is 124 Å². The normalized spacial score (nSPS) is 11.4. The Bertz CT molecular complexity index is 745. The number of hydrogen-bond donors (Lipinski definition) is 2. The molecule has 2 aromatic carbocycles. The molecule has 0 aromatic heterocycles. The summed E-state index contributed by atoms with van der Waals surface area (Å²) in [6, 6.07) is 11.0. The monoisotopic (exact) mass is 308 g/mol. The summed E-state index contributed by atoms with van der Waals surface area (Å²) < 4.78 is 40.7. The summed E-state index contributed by atoms with van der Waals surface area (Å²) in [4.78, 5) is -0.346. The first-order valence-corrected chi connectivity index (χ1v) is 7.93. The lowest BCUT2D eigenvalue weighted by atomic mass is 10.2. The Morgan fingerprint density at radius 2 is 1.90 bits per heavy atom. The maximum Gasteiger partial charge on any atom is 0.264 e. The Hall–Kier alpha value is -1.92. The SMILES string of the molecule is CNCc1cccc(NS(=O)(=O)c2cc(C)ccc2F)c1. The third-order valence-corrected chi connectivity index (χ3v) is 4.33. The quantitative estimate of drug-likeness (QED) is 0.893. The number of hydrogen-bond acceptors (Lipinski definition) is 3. The minimum Gasteiger partial charge on any atom is -0.316 e.